The Hall–Kier alpha value is -0.950. The maximum absolute atomic E-state index is 11.5. The average molecular weight is 307 g/mol. The van der Waals surface area contributed by atoms with Crippen LogP contribution in [0.25, 0.3) is 0 Å². The summed E-state index contributed by atoms with van der Waals surface area (Å²) in [6, 6.07) is -0.926. The minimum Gasteiger partial charge on any atom is -0.480 e. The van der Waals surface area contributed by atoms with E-state index in [1.54, 1.807) is 32.5 Å². The average Bonchev–Trinajstić information content (AvgIpc) is 2.29. The van der Waals surface area contributed by atoms with E-state index in [1.807, 2.05) is 6.92 Å². The van der Waals surface area contributed by atoms with Gasteiger partial charge in [0.15, 0.2) is 0 Å². The van der Waals surface area contributed by atoms with Gasteiger partial charge in [0, 0.05) is 12.4 Å². The summed E-state index contributed by atoms with van der Waals surface area (Å²) in [5.74, 6) is 0.396. The van der Waals surface area contributed by atoms with E-state index in [1.165, 1.54) is 0 Å². The van der Waals surface area contributed by atoms with Gasteiger partial charge >= 0.3 is 12.1 Å². The zero-order valence-electron chi connectivity index (χ0n) is 12.6. The first-order valence-electron chi connectivity index (χ1n) is 6.64. The third-order valence-electron chi connectivity index (χ3n) is 2.12. The molecule has 1 amide bonds. The number of nitrogens with one attached hydrogen (secondary N) is 1. The highest BCUT2D eigenvalue weighted by Gasteiger charge is 2.23. The molecule has 0 aliphatic carbocycles. The van der Waals surface area contributed by atoms with E-state index in [4.69, 9.17) is 14.6 Å². The number of alkyl carbamates (subject to hydrolysis) is 1. The van der Waals surface area contributed by atoms with Gasteiger partial charge < -0.3 is 19.9 Å². The normalized spacial score (nSPS) is 12.8. The van der Waals surface area contributed by atoms with Gasteiger partial charge in [-0.1, -0.05) is 0 Å². The largest absolute Gasteiger partial charge is 0.480 e. The predicted octanol–water partition coefficient (Wildman–Crippen LogP) is 2.12. The highest BCUT2D eigenvalue weighted by Crippen LogP contribution is 2.09. The number of carbonyl (C=O) groups excluding carboxylic acids is 1. The molecule has 0 heterocycles. The molecule has 20 heavy (non-hydrogen) atoms. The molecule has 0 aliphatic heterocycles. The molecule has 7 heteroatoms. The Balaban J connectivity index is 3.99. The van der Waals surface area contributed by atoms with Gasteiger partial charge in [0.1, 0.15) is 11.6 Å². The van der Waals surface area contributed by atoms with Gasteiger partial charge in [0.2, 0.25) is 0 Å². The summed E-state index contributed by atoms with van der Waals surface area (Å²) >= 11 is 1.60. The van der Waals surface area contributed by atoms with Crippen molar-refractivity contribution >= 4 is 23.8 Å². The smallest absolute Gasteiger partial charge is 0.408 e. The molecule has 118 valence electrons. The van der Waals surface area contributed by atoms with Crippen LogP contribution in [0.5, 0.6) is 0 Å². The fraction of sp³-hybridized carbons (Fsp3) is 0.846. The van der Waals surface area contributed by atoms with Crippen molar-refractivity contribution in [1.29, 1.82) is 0 Å². The highest BCUT2D eigenvalue weighted by molar-refractivity contribution is 7.99. The molecular weight excluding hydrogens is 282 g/mol. The van der Waals surface area contributed by atoms with Crippen molar-refractivity contribution in [3.63, 3.8) is 0 Å². The first kappa shape index (κ1) is 19.1. The van der Waals surface area contributed by atoms with Gasteiger partial charge in [-0.2, -0.15) is 11.8 Å². The van der Waals surface area contributed by atoms with Crippen molar-refractivity contribution in [1.82, 2.24) is 5.32 Å². The predicted molar refractivity (Wildman–Crippen MR) is 79.2 cm³/mol. The molecule has 0 spiro atoms. The maximum Gasteiger partial charge on any atom is 0.408 e. The van der Waals surface area contributed by atoms with Crippen molar-refractivity contribution in [2.75, 3.05) is 24.7 Å². The maximum atomic E-state index is 11.5. The number of rotatable bonds is 9. The second-order valence-electron chi connectivity index (χ2n) is 5.14. The Morgan fingerprint density at radius 1 is 1.30 bits per heavy atom. The second kappa shape index (κ2) is 9.88. The number of carboxylic acid groups (broad SMARTS) is 1. The fourth-order valence-electron chi connectivity index (χ4n) is 1.27. The summed E-state index contributed by atoms with van der Waals surface area (Å²) in [6.07, 6.45) is -0.352. The lowest BCUT2D eigenvalue weighted by atomic mass is 10.2. The molecule has 0 bridgehead atoms. The molecule has 0 rings (SSSR count). The van der Waals surface area contributed by atoms with E-state index in [0.29, 0.717) is 25.4 Å². The number of ether oxygens (including phenoxy) is 2. The summed E-state index contributed by atoms with van der Waals surface area (Å²) in [5.41, 5.74) is -0.640. The summed E-state index contributed by atoms with van der Waals surface area (Å²) in [4.78, 5) is 22.6. The van der Waals surface area contributed by atoms with Crippen molar-refractivity contribution in [3.8, 4) is 0 Å². The SMILES string of the molecule is CCOCCSCCC(NC(=O)OC(C)(C)C)C(=O)O. The lowest BCUT2D eigenvalue weighted by molar-refractivity contribution is -0.139. The minimum atomic E-state index is -1.05. The van der Waals surface area contributed by atoms with Crippen molar-refractivity contribution in [2.24, 2.45) is 0 Å². The van der Waals surface area contributed by atoms with Crippen LogP contribution in [-0.2, 0) is 14.3 Å². The topological polar surface area (TPSA) is 84.9 Å². The molecule has 0 saturated carbocycles. The van der Waals surface area contributed by atoms with E-state index in [0.717, 1.165) is 5.75 Å². The van der Waals surface area contributed by atoms with Crippen LogP contribution in [-0.4, -0.2) is 53.5 Å². The number of thioether (sulfide) groups is 1. The number of carboxylic acids is 1. The third kappa shape index (κ3) is 10.9. The van der Waals surface area contributed by atoms with Gasteiger partial charge in [-0.3, -0.25) is 0 Å². The Labute approximate surface area is 124 Å². The lowest BCUT2D eigenvalue weighted by Crippen LogP contribution is -2.43. The van der Waals surface area contributed by atoms with Gasteiger partial charge in [-0.15, -0.1) is 0 Å². The molecule has 6 nitrogen and oxygen atoms in total. The molecule has 0 aromatic rings. The number of hydrogen-bond acceptors (Lipinski definition) is 5. The molecular formula is C13H25NO5S. The molecule has 2 N–H and O–H groups in total. The first-order valence-corrected chi connectivity index (χ1v) is 7.79. The lowest BCUT2D eigenvalue weighted by Gasteiger charge is -2.21. The number of hydrogen-bond donors (Lipinski definition) is 2. The minimum absolute atomic E-state index is 0.353. The van der Waals surface area contributed by atoms with Crippen LogP contribution in [0.15, 0.2) is 0 Å². The zero-order chi connectivity index (χ0) is 15.6. The van der Waals surface area contributed by atoms with Crippen LogP contribution < -0.4 is 5.32 Å². The molecule has 0 aromatic carbocycles. The Bertz CT molecular complexity index is 304. The van der Waals surface area contributed by atoms with E-state index in [-0.39, 0.29) is 0 Å². The molecule has 0 fully saturated rings. The van der Waals surface area contributed by atoms with Gasteiger partial charge in [0.25, 0.3) is 0 Å². The van der Waals surface area contributed by atoms with E-state index < -0.39 is 23.7 Å². The molecule has 0 radical (unpaired) electrons. The van der Waals surface area contributed by atoms with Gasteiger partial charge in [-0.05, 0) is 39.9 Å². The van der Waals surface area contributed by atoms with Crippen LogP contribution >= 0.6 is 11.8 Å². The second-order valence-corrected chi connectivity index (χ2v) is 6.36. The molecule has 0 aliphatic rings. The molecule has 1 unspecified atom stereocenters. The van der Waals surface area contributed by atoms with Gasteiger partial charge in [-0.25, -0.2) is 9.59 Å². The number of aliphatic carboxylic acids is 1. The summed E-state index contributed by atoms with van der Waals surface area (Å²) in [6.45, 7) is 8.44. The first-order chi connectivity index (χ1) is 9.26. The van der Waals surface area contributed by atoms with Crippen LogP contribution in [0.2, 0.25) is 0 Å². The number of carbonyl (C=O) groups is 2. The van der Waals surface area contributed by atoms with Crippen LogP contribution in [0.1, 0.15) is 34.1 Å². The third-order valence-corrected chi connectivity index (χ3v) is 3.10. The molecule has 1 atom stereocenters. The summed E-state index contributed by atoms with van der Waals surface area (Å²) < 4.78 is 10.2. The summed E-state index contributed by atoms with van der Waals surface area (Å²) in [7, 11) is 0. The van der Waals surface area contributed by atoms with E-state index in [2.05, 4.69) is 5.32 Å². The zero-order valence-corrected chi connectivity index (χ0v) is 13.4. The van der Waals surface area contributed by atoms with E-state index >= 15 is 0 Å². The monoisotopic (exact) mass is 307 g/mol. The highest BCUT2D eigenvalue weighted by atomic mass is 32.2. The summed E-state index contributed by atoms with van der Waals surface area (Å²) in [5, 5.41) is 11.4. The Morgan fingerprint density at radius 3 is 2.45 bits per heavy atom. The van der Waals surface area contributed by atoms with Gasteiger partial charge in [0.05, 0.1) is 6.61 Å². The van der Waals surface area contributed by atoms with Crippen molar-refractivity contribution in [2.45, 2.75) is 45.8 Å². The number of amides is 1. The van der Waals surface area contributed by atoms with Crippen molar-refractivity contribution < 1.29 is 24.2 Å². The van der Waals surface area contributed by atoms with E-state index in [9.17, 15) is 9.59 Å². The van der Waals surface area contributed by atoms with Crippen LogP contribution in [0.4, 0.5) is 4.79 Å². The Kier molecular flexibility index (Phi) is 9.41. The van der Waals surface area contributed by atoms with Crippen LogP contribution in [0, 0.1) is 0 Å². The standard InChI is InChI=1S/C13H25NO5S/c1-5-18-7-9-20-8-6-10(11(15)16)14-12(17)19-13(2,3)4/h10H,5-9H2,1-4H3,(H,14,17)(H,15,16). The fourth-order valence-corrected chi connectivity index (χ4v) is 2.11. The Morgan fingerprint density at radius 2 is 1.95 bits per heavy atom. The molecule has 0 saturated heterocycles. The molecule has 0 aromatic heterocycles. The quantitative estimate of drug-likeness (QED) is 0.635. The van der Waals surface area contributed by atoms with Crippen molar-refractivity contribution in [3.05, 3.63) is 0 Å². The van der Waals surface area contributed by atoms with Crippen LogP contribution in [0.3, 0.4) is 0 Å².